The lowest BCUT2D eigenvalue weighted by Crippen LogP contribution is -2.32. The van der Waals surface area contributed by atoms with Crippen LogP contribution in [-0.4, -0.2) is 61.3 Å². The van der Waals surface area contributed by atoms with Gasteiger partial charge < -0.3 is 29.3 Å². The number of carbonyl (C=O) groups is 2. The second-order valence-electron chi connectivity index (χ2n) is 6.65. The molecule has 2 N–H and O–H groups in total. The van der Waals surface area contributed by atoms with Gasteiger partial charge in [0.2, 0.25) is 0 Å². The quantitative estimate of drug-likeness (QED) is 0.408. The minimum atomic E-state index is -0.864. The number of ketones is 1. The zero-order valence-electron chi connectivity index (χ0n) is 16.9. The molecule has 2 aromatic carbocycles. The first-order valence-corrected chi connectivity index (χ1v) is 9.21. The highest BCUT2D eigenvalue weighted by atomic mass is 16.5. The summed E-state index contributed by atoms with van der Waals surface area (Å²) in [5.74, 6) is -1.13. The van der Waals surface area contributed by atoms with E-state index in [0.29, 0.717) is 16.9 Å². The second-order valence-corrected chi connectivity index (χ2v) is 6.65. The van der Waals surface area contributed by atoms with Crippen molar-refractivity contribution in [2.75, 3.05) is 34.5 Å². The van der Waals surface area contributed by atoms with Crippen LogP contribution in [0.2, 0.25) is 0 Å². The number of benzene rings is 2. The first kappa shape index (κ1) is 21.2. The highest BCUT2D eigenvalue weighted by Gasteiger charge is 2.46. The Morgan fingerprint density at radius 1 is 1.03 bits per heavy atom. The summed E-state index contributed by atoms with van der Waals surface area (Å²) in [5.41, 5.74) is 0.834. The Balaban J connectivity index is 2.16. The van der Waals surface area contributed by atoms with Crippen LogP contribution in [0.3, 0.4) is 0 Å². The lowest BCUT2D eigenvalue weighted by atomic mass is 9.95. The van der Waals surface area contributed by atoms with Gasteiger partial charge in [-0.15, -0.1) is 0 Å². The molecule has 0 bridgehead atoms. The van der Waals surface area contributed by atoms with Crippen LogP contribution in [0.4, 0.5) is 0 Å². The standard InChI is InChI=1S/C22H23NO7/c1-28-11-10-23-19(14-6-9-16(24)17(12-14)30-3)18(21(26)22(23)27)20(25)13-4-7-15(29-2)8-5-13/h4-9,12,19,24-25H,10-11H2,1-3H3/b20-18+/t19-/m1/s1. The van der Waals surface area contributed by atoms with Crippen molar-refractivity contribution in [3.63, 3.8) is 0 Å². The van der Waals surface area contributed by atoms with Gasteiger partial charge in [-0.1, -0.05) is 6.07 Å². The van der Waals surface area contributed by atoms with Gasteiger partial charge in [-0.3, -0.25) is 9.59 Å². The van der Waals surface area contributed by atoms with Crippen molar-refractivity contribution in [2.24, 2.45) is 0 Å². The molecule has 1 aliphatic rings. The Hall–Kier alpha value is -3.52. The molecule has 0 unspecified atom stereocenters. The third-order valence-corrected chi connectivity index (χ3v) is 4.96. The number of carbonyl (C=O) groups excluding carboxylic acids is 2. The maximum atomic E-state index is 12.9. The van der Waals surface area contributed by atoms with E-state index in [2.05, 4.69) is 0 Å². The fourth-order valence-corrected chi connectivity index (χ4v) is 3.42. The summed E-state index contributed by atoms with van der Waals surface area (Å²) in [6.07, 6.45) is 0. The number of hydrogen-bond donors (Lipinski definition) is 2. The van der Waals surface area contributed by atoms with Crippen molar-refractivity contribution >= 4 is 17.4 Å². The summed E-state index contributed by atoms with van der Waals surface area (Å²) in [7, 11) is 4.42. The molecule has 1 saturated heterocycles. The summed E-state index contributed by atoms with van der Waals surface area (Å²) < 4.78 is 15.4. The molecule has 0 aliphatic carbocycles. The number of Topliss-reactive ketones (excluding diaryl/α,β-unsaturated/α-hetero) is 1. The molecule has 0 saturated carbocycles. The normalized spacial score (nSPS) is 18.0. The van der Waals surface area contributed by atoms with Crippen molar-refractivity contribution in [1.82, 2.24) is 4.90 Å². The van der Waals surface area contributed by atoms with Gasteiger partial charge in [-0.2, -0.15) is 0 Å². The van der Waals surface area contributed by atoms with Crippen molar-refractivity contribution < 1.29 is 34.0 Å². The van der Waals surface area contributed by atoms with Crippen LogP contribution in [0.15, 0.2) is 48.0 Å². The van der Waals surface area contributed by atoms with Gasteiger partial charge in [0.05, 0.1) is 32.4 Å². The number of aliphatic hydroxyl groups excluding tert-OH is 1. The molecule has 8 nitrogen and oxygen atoms in total. The van der Waals surface area contributed by atoms with Crippen LogP contribution in [0.25, 0.3) is 5.76 Å². The number of hydrogen-bond acceptors (Lipinski definition) is 7. The zero-order chi connectivity index (χ0) is 21.8. The van der Waals surface area contributed by atoms with Crippen molar-refractivity contribution in [1.29, 1.82) is 0 Å². The number of methoxy groups -OCH3 is 3. The predicted molar refractivity (Wildman–Crippen MR) is 109 cm³/mol. The average Bonchev–Trinajstić information content (AvgIpc) is 3.02. The van der Waals surface area contributed by atoms with Gasteiger partial charge in [0, 0.05) is 19.2 Å². The Kier molecular flexibility index (Phi) is 6.27. The Labute approximate surface area is 173 Å². The highest BCUT2D eigenvalue weighted by Crippen LogP contribution is 2.41. The van der Waals surface area contributed by atoms with Gasteiger partial charge in [-0.05, 0) is 42.0 Å². The average molecular weight is 413 g/mol. The molecular formula is C22H23NO7. The molecule has 1 aliphatic heterocycles. The fourth-order valence-electron chi connectivity index (χ4n) is 3.42. The van der Waals surface area contributed by atoms with Crippen molar-refractivity contribution in [3.05, 3.63) is 59.2 Å². The minimum Gasteiger partial charge on any atom is -0.507 e. The third-order valence-electron chi connectivity index (χ3n) is 4.96. The molecule has 3 rings (SSSR count). The van der Waals surface area contributed by atoms with E-state index < -0.39 is 17.7 Å². The van der Waals surface area contributed by atoms with Gasteiger partial charge in [0.1, 0.15) is 11.5 Å². The number of nitrogens with zero attached hydrogens (tertiary/aromatic N) is 1. The molecule has 1 amide bonds. The van der Waals surface area contributed by atoms with E-state index in [0.717, 1.165) is 0 Å². The number of aromatic hydroxyl groups is 1. The Bertz CT molecular complexity index is 981. The zero-order valence-corrected chi connectivity index (χ0v) is 16.9. The van der Waals surface area contributed by atoms with E-state index >= 15 is 0 Å². The molecule has 2 aromatic rings. The number of amides is 1. The SMILES string of the molecule is COCCN1C(=O)C(=O)/C(=C(/O)c2ccc(OC)cc2)[C@H]1c1ccc(O)c(OC)c1. The molecule has 30 heavy (non-hydrogen) atoms. The molecule has 1 atom stereocenters. The summed E-state index contributed by atoms with van der Waals surface area (Å²) in [5, 5.41) is 20.9. The van der Waals surface area contributed by atoms with Crippen LogP contribution < -0.4 is 9.47 Å². The number of rotatable bonds is 7. The summed E-state index contributed by atoms with van der Waals surface area (Å²) in [4.78, 5) is 26.9. The molecule has 1 heterocycles. The Morgan fingerprint density at radius 3 is 2.33 bits per heavy atom. The van der Waals surface area contributed by atoms with E-state index in [1.54, 1.807) is 30.3 Å². The predicted octanol–water partition coefficient (Wildman–Crippen LogP) is 2.48. The minimum absolute atomic E-state index is 0.0472. The number of aliphatic hydroxyl groups is 1. The molecule has 8 heteroatoms. The third kappa shape index (κ3) is 3.81. The number of phenolic OH excluding ortho intramolecular Hbond substituents is 1. The van der Waals surface area contributed by atoms with E-state index in [1.807, 2.05) is 0 Å². The fraction of sp³-hybridized carbons (Fsp3) is 0.273. The maximum Gasteiger partial charge on any atom is 0.295 e. The van der Waals surface area contributed by atoms with E-state index in [-0.39, 0.29) is 36.0 Å². The molecule has 1 fully saturated rings. The Morgan fingerprint density at radius 2 is 1.73 bits per heavy atom. The van der Waals surface area contributed by atoms with Crippen LogP contribution >= 0.6 is 0 Å². The second kappa shape index (κ2) is 8.87. The summed E-state index contributed by atoms with van der Waals surface area (Å²) in [6, 6.07) is 10.2. The monoisotopic (exact) mass is 413 g/mol. The van der Waals surface area contributed by atoms with Crippen molar-refractivity contribution in [2.45, 2.75) is 6.04 Å². The lowest BCUT2D eigenvalue weighted by molar-refractivity contribution is -0.140. The van der Waals surface area contributed by atoms with Crippen LogP contribution in [0.1, 0.15) is 17.2 Å². The van der Waals surface area contributed by atoms with Crippen molar-refractivity contribution in [3.8, 4) is 17.2 Å². The van der Waals surface area contributed by atoms with E-state index in [4.69, 9.17) is 14.2 Å². The molecule has 0 spiro atoms. The molecular weight excluding hydrogens is 390 g/mol. The van der Waals surface area contributed by atoms with Crippen LogP contribution in [-0.2, 0) is 14.3 Å². The van der Waals surface area contributed by atoms with Gasteiger partial charge >= 0.3 is 0 Å². The summed E-state index contributed by atoms with van der Waals surface area (Å²) >= 11 is 0. The van der Waals surface area contributed by atoms with Gasteiger partial charge in [0.25, 0.3) is 11.7 Å². The molecule has 158 valence electrons. The van der Waals surface area contributed by atoms with Gasteiger partial charge in [-0.25, -0.2) is 0 Å². The molecule has 0 radical (unpaired) electrons. The van der Waals surface area contributed by atoms with E-state index in [1.165, 1.54) is 38.4 Å². The van der Waals surface area contributed by atoms with Crippen LogP contribution in [0.5, 0.6) is 17.2 Å². The van der Waals surface area contributed by atoms with Gasteiger partial charge in [0.15, 0.2) is 11.5 Å². The maximum absolute atomic E-state index is 12.9. The largest absolute Gasteiger partial charge is 0.507 e. The first-order chi connectivity index (χ1) is 14.4. The first-order valence-electron chi connectivity index (χ1n) is 9.21. The smallest absolute Gasteiger partial charge is 0.295 e. The van der Waals surface area contributed by atoms with E-state index in [9.17, 15) is 19.8 Å². The summed E-state index contributed by atoms with van der Waals surface area (Å²) in [6.45, 7) is 0.357. The molecule has 0 aromatic heterocycles. The number of ether oxygens (including phenoxy) is 3. The topological polar surface area (TPSA) is 106 Å². The lowest BCUT2D eigenvalue weighted by Gasteiger charge is -2.25. The van der Waals surface area contributed by atoms with Crippen LogP contribution in [0, 0.1) is 0 Å². The number of phenols is 1. The number of likely N-dealkylation sites (tertiary alicyclic amines) is 1. The highest BCUT2D eigenvalue weighted by molar-refractivity contribution is 6.46.